The first-order chi connectivity index (χ1) is 18.9. The topological polar surface area (TPSA) is 118 Å². The van der Waals surface area contributed by atoms with Crippen LogP contribution in [0.25, 0.3) is 33.9 Å². The second-order valence-electron chi connectivity index (χ2n) is 8.23. The maximum atomic E-state index is 5.98. The molecule has 198 valence electrons. The van der Waals surface area contributed by atoms with Crippen LogP contribution in [0.1, 0.15) is 37.1 Å². The average molecular weight is 585 g/mol. The van der Waals surface area contributed by atoms with E-state index in [0.29, 0.717) is 33.6 Å². The summed E-state index contributed by atoms with van der Waals surface area (Å²) in [6, 6.07) is 21.9. The van der Waals surface area contributed by atoms with Gasteiger partial charge in [0, 0.05) is 21.2 Å². The lowest BCUT2D eigenvalue weighted by atomic mass is 10.2. The standard InChI is InChI=1S/C16H12ClN5O2.C10H8Cl2N2O/c1-10(24-22-14-8-3-2-7-13(14)18-21-22)15-19-20-16(23-15)11-5-4-6-12(17)9-11;1-6(11)9-13-14-10(15-9)7-3-2-4-8(12)5-7/h2-10H,1H3;2-6H,1H3. The van der Waals surface area contributed by atoms with Crippen molar-refractivity contribution in [2.75, 3.05) is 0 Å². The van der Waals surface area contributed by atoms with Crippen LogP contribution in [0.15, 0.2) is 81.6 Å². The van der Waals surface area contributed by atoms with Crippen molar-refractivity contribution in [3.8, 4) is 22.9 Å². The lowest BCUT2D eigenvalue weighted by molar-refractivity contribution is 0.0147. The molecule has 0 N–H and O–H groups in total. The van der Waals surface area contributed by atoms with Crippen LogP contribution in [0.4, 0.5) is 0 Å². The Morgan fingerprint density at radius 3 is 1.90 bits per heavy atom. The minimum absolute atomic E-state index is 0.287. The molecule has 0 spiro atoms. The number of para-hydroxylation sites is 1. The van der Waals surface area contributed by atoms with Crippen LogP contribution in [-0.2, 0) is 0 Å². The summed E-state index contributed by atoms with van der Waals surface area (Å²) in [5.41, 5.74) is 3.05. The van der Waals surface area contributed by atoms with Crippen molar-refractivity contribution >= 4 is 45.8 Å². The summed E-state index contributed by atoms with van der Waals surface area (Å²) in [5.74, 6) is 1.56. The van der Waals surface area contributed by atoms with Gasteiger partial charge >= 0.3 is 0 Å². The molecule has 0 amide bonds. The number of alkyl halides is 1. The summed E-state index contributed by atoms with van der Waals surface area (Å²) in [7, 11) is 0. The molecule has 0 saturated carbocycles. The smallest absolute Gasteiger partial charge is 0.259 e. The van der Waals surface area contributed by atoms with Crippen LogP contribution in [0.5, 0.6) is 0 Å². The molecule has 39 heavy (non-hydrogen) atoms. The zero-order valence-electron chi connectivity index (χ0n) is 20.6. The van der Waals surface area contributed by atoms with E-state index in [1.54, 1.807) is 38.1 Å². The Balaban J connectivity index is 0.000000177. The number of halogens is 3. The van der Waals surface area contributed by atoms with Crippen LogP contribution < -0.4 is 4.84 Å². The highest BCUT2D eigenvalue weighted by molar-refractivity contribution is 6.31. The van der Waals surface area contributed by atoms with Gasteiger partial charge in [0.05, 0.1) is 0 Å². The Hall–Kier alpha value is -3.99. The lowest BCUT2D eigenvalue weighted by Gasteiger charge is -2.09. The fourth-order valence-electron chi connectivity index (χ4n) is 3.39. The van der Waals surface area contributed by atoms with E-state index in [4.69, 9.17) is 48.5 Å². The maximum absolute atomic E-state index is 5.98. The molecule has 3 heterocycles. The second kappa shape index (κ2) is 11.8. The number of rotatable bonds is 6. The van der Waals surface area contributed by atoms with Crippen molar-refractivity contribution in [2.45, 2.75) is 25.3 Å². The zero-order valence-corrected chi connectivity index (χ0v) is 22.8. The van der Waals surface area contributed by atoms with E-state index in [2.05, 4.69) is 30.7 Å². The Kier molecular flexibility index (Phi) is 8.06. The minimum Gasteiger partial charge on any atom is -0.419 e. The molecule has 13 heteroatoms. The molecule has 2 unspecified atom stereocenters. The number of benzene rings is 3. The van der Waals surface area contributed by atoms with Crippen LogP contribution in [-0.4, -0.2) is 35.6 Å². The predicted octanol–water partition coefficient (Wildman–Crippen LogP) is 7.01. The van der Waals surface area contributed by atoms with Crippen molar-refractivity contribution in [3.63, 3.8) is 0 Å². The van der Waals surface area contributed by atoms with E-state index in [0.717, 1.165) is 22.2 Å². The molecule has 0 fully saturated rings. The summed E-state index contributed by atoms with van der Waals surface area (Å²) < 4.78 is 11.1. The zero-order chi connectivity index (χ0) is 27.4. The van der Waals surface area contributed by atoms with Gasteiger partial charge < -0.3 is 13.7 Å². The van der Waals surface area contributed by atoms with E-state index in [1.165, 1.54) is 4.85 Å². The third kappa shape index (κ3) is 6.36. The van der Waals surface area contributed by atoms with Gasteiger partial charge in [0.2, 0.25) is 23.8 Å². The van der Waals surface area contributed by atoms with Crippen molar-refractivity contribution in [1.29, 1.82) is 0 Å². The molecule has 3 aromatic heterocycles. The van der Waals surface area contributed by atoms with E-state index in [1.807, 2.05) is 48.5 Å². The molecule has 0 aliphatic carbocycles. The molecular formula is C26H20Cl3N7O3. The van der Waals surface area contributed by atoms with Crippen molar-refractivity contribution < 1.29 is 13.7 Å². The third-order valence-corrected chi connectivity index (χ3v) is 5.95. The monoisotopic (exact) mass is 583 g/mol. The van der Waals surface area contributed by atoms with Gasteiger partial charge in [-0.1, -0.05) is 52.3 Å². The molecule has 0 radical (unpaired) electrons. The number of aromatic nitrogens is 7. The molecule has 6 aromatic rings. The highest BCUT2D eigenvalue weighted by Gasteiger charge is 2.19. The van der Waals surface area contributed by atoms with Crippen molar-refractivity contribution in [3.05, 3.63) is 94.6 Å². The predicted molar refractivity (Wildman–Crippen MR) is 146 cm³/mol. The van der Waals surface area contributed by atoms with Gasteiger partial charge in [0.25, 0.3) is 5.89 Å². The fraction of sp³-hybridized carbons (Fsp3) is 0.154. The number of fused-ring (bicyclic) bond motifs is 1. The number of hydrogen-bond donors (Lipinski definition) is 0. The Morgan fingerprint density at radius 2 is 1.31 bits per heavy atom. The quantitative estimate of drug-likeness (QED) is 0.190. The van der Waals surface area contributed by atoms with Crippen LogP contribution in [0, 0.1) is 0 Å². The molecule has 0 aliphatic rings. The molecule has 10 nitrogen and oxygen atoms in total. The number of nitrogens with zero attached hydrogens (tertiary/aromatic N) is 7. The van der Waals surface area contributed by atoms with Gasteiger partial charge in [-0.2, -0.15) is 0 Å². The average Bonchev–Trinajstić information content (AvgIpc) is 3.70. The second-order valence-corrected chi connectivity index (χ2v) is 9.75. The van der Waals surface area contributed by atoms with Gasteiger partial charge in [-0.3, -0.25) is 0 Å². The van der Waals surface area contributed by atoms with Crippen LogP contribution in [0.2, 0.25) is 10.0 Å². The van der Waals surface area contributed by atoms with Gasteiger partial charge in [-0.15, -0.1) is 37.1 Å². The molecule has 0 bridgehead atoms. The van der Waals surface area contributed by atoms with Crippen LogP contribution in [0.3, 0.4) is 0 Å². The molecule has 0 saturated heterocycles. The Morgan fingerprint density at radius 1 is 0.718 bits per heavy atom. The minimum atomic E-state index is -0.490. The highest BCUT2D eigenvalue weighted by Crippen LogP contribution is 2.26. The van der Waals surface area contributed by atoms with Gasteiger partial charge in [-0.05, 0) is 67.6 Å². The largest absolute Gasteiger partial charge is 0.419 e. The molecule has 2 atom stereocenters. The summed E-state index contributed by atoms with van der Waals surface area (Å²) in [4.78, 5) is 7.10. The fourth-order valence-corrected chi connectivity index (χ4v) is 3.86. The SMILES string of the molecule is CC(Cl)c1nnc(-c2cccc(Cl)c2)o1.CC(On1nnc2ccccc21)c1nnc(-c2cccc(Cl)c2)o1. The Bertz CT molecular complexity index is 1700. The van der Waals surface area contributed by atoms with Crippen molar-refractivity contribution in [1.82, 2.24) is 35.6 Å². The van der Waals surface area contributed by atoms with Crippen LogP contribution >= 0.6 is 34.8 Å². The van der Waals surface area contributed by atoms with Gasteiger partial charge in [-0.25, -0.2) is 0 Å². The van der Waals surface area contributed by atoms with E-state index >= 15 is 0 Å². The normalized spacial score (nSPS) is 12.5. The third-order valence-electron chi connectivity index (χ3n) is 5.29. The first-order valence-electron chi connectivity index (χ1n) is 11.7. The summed E-state index contributed by atoms with van der Waals surface area (Å²) in [6.45, 7) is 3.57. The van der Waals surface area contributed by atoms with Gasteiger partial charge in [0.15, 0.2) is 0 Å². The lowest BCUT2D eigenvalue weighted by Crippen LogP contribution is -2.17. The van der Waals surface area contributed by atoms with Gasteiger partial charge in [0.1, 0.15) is 16.4 Å². The Labute approximate surface area is 237 Å². The maximum Gasteiger partial charge on any atom is 0.259 e. The van der Waals surface area contributed by atoms with Crippen molar-refractivity contribution in [2.24, 2.45) is 0 Å². The first kappa shape index (κ1) is 26.6. The first-order valence-corrected chi connectivity index (χ1v) is 12.9. The van der Waals surface area contributed by atoms with E-state index < -0.39 is 6.10 Å². The van der Waals surface area contributed by atoms with E-state index in [-0.39, 0.29) is 5.38 Å². The molecule has 6 rings (SSSR count). The summed E-state index contributed by atoms with van der Waals surface area (Å²) in [6.07, 6.45) is -0.490. The van der Waals surface area contributed by atoms with E-state index in [9.17, 15) is 0 Å². The molecule has 3 aromatic carbocycles. The summed E-state index contributed by atoms with van der Waals surface area (Å²) in [5, 5.41) is 24.8. The highest BCUT2D eigenvalue weighted by atomic mass is 35.5. The summed E-state index contributed by atoms with van der Waals surface area (Å²) >= 11 is 17.6. The molecular weight excluding hydrogens is 565 g/mol. The molecule has 0 aliphatic heterocycles. The number of hydrogen-bond acceptors (Lipinski definition) is 9.